The lowest BCUT2D eigenvalue weighted by Gasteiger charge is -2.21. The molecular formula is C11H14N2O5S. The minimum Gasteiger partial charge on any atom is -0.481 e. The van der Waals surface area contributed by atoms with Crippen molar-refractivity contribution in [1.82, 2.24) is 10.1 Å². The van der Waals surface area contributed by atoms with Gasteiger partial charge in [-0.05, 0) is 12.8 Å². The average molecular weight is 286 g/mol. The third-order valence-corrected chi connectivity index (χ3v) is 3.72. The van der Waals surface area contributed by atoms with Gasteiger partial charge >= 0.3 is 5.97 Å². The van der Waals surface area contributed by atoms with E-state index in [0.29, 0.717) is 12.8 Å². The number of hydrogen-bond donors (Lipinski definition) is 1. The van der Waals surface area contributed by atoms with Crippen molar-refractivity contribution in [3.05, 3.63) is 23.9 Å². The van der Waals surface area contributed by atoms with Crippen LogP contribution in [0.15, 0.2) is 16.7 Å². The van der Waals surface area contributed by atoms with Crippen molar-refractivity contribution >= 4 is 15.8 Å². The molecule has 1 aliphatic carbocycles. The van der Waals surface area contributed by atoms with E-state index in [1.165, 1.54) is 0 Å². The Hall–Kier alpha value is -1.70. The van der Waals surface area contributed by atoms with Crippen LogP contribution in [0.4, 0.5) is 0 Å². The molecule has 8 heteroatoms. The molecule has 2 rings (SSSR count). The summed E-state index contributed by atoms with van der Waals surface area (Å²) >= 11 is 0. The summed E-state index contributed by atoms with van der Waals surface area (Å²) in [5.41, 5.74) is 0. The van der Waals surface area contributed by atoms with E-state index >= 15 is 0 Å². The van der Waals surface area contributed by atoms with Gasteiger partial charge in [-0.15, -0.1) is 0 Å². The molecule has 0 bridgehead atoms. The lowest BCUT2D eigenvalue weighted by atomic mass is 9.83. The molecule has 0 aliphatic heterocycles. The highest BCUT2D eigenvalue weighted by Gasteiger charge is 2.34. The summed E-state index contributed by atoms with van der Waals surface area (Å²) in [6, 6.07) is 0. The number of allylic oxidation sites excluding steroid dienone is 2. The van der Waals surface area contributed by atoms with Crippen molar-refractivity contribution in [1.29, 1.82) is 0 Å². The Morgan fingerprint density at radius 1 is 1.47 bits per heavy atom. The van der Waals surface area contributed by atoms with Crippen LogP contribution in [0.3, 0.4) is 0 Å². The van der Waals surface area contributed by atoms with Crippen LogP contribution in [-0.4, -0.2) is 35.9 Å². The molecule has 2 atom stereocenters. The summed E-state index contributed by atoms with van der Waals surface area (Å²) in [6.45, 7) is 0. The van der Waals surface area contributed by atoms with Gasteiger partial charge in [0, 0.05) is 6.26 Å². The predicted molar refractivity (Wildman–Crippen MR) is 65.1 cm³/mol. The van der Waals surface area contributed by atoms with Crippen LogP contribution in [-0.2, 0) is 20.4 Å². The first-order valence-electron chi connectivity index (χ1n) is 5.75. The van der Waals surface area contributed by atoms with Gasteiger partial charge in [0.2, 0.25) is 5.89 Å². The number of hydrogen-bond acceptors (Lipinski definition) is 6. The highest BCUT2D eigenvalue weighted by molar-refractivity contribution is 7.89. The van der Waals surface area contributed by atoms with E-state index in [-0.39, 0.29) is 17.5 Å². The van der Waals surface area contributed by atoms with Gasteiger partial charge in [0.05, 0.1) is 11.8 Å². The largest absolute Gasteiger partial charge is 0.481 e. The van der Waals surface area contributed by atoms with Gasteiger partial charge in [-0.3, -0.25) is 4.79 Å². The first kappa shape index (κ1) is 13.7. The number of nitrogens with zero attached hydrogens (tertiary/aromatic N) is 2. The van der Waals surface area contributed by atoms with Crippen molar-refractivity contribution in [2.24, 2.45) is 5.92 Å². The Morgan fingerprint density at radius 3 is 2.79 bits per heavy atom. The molecule has 0 aromatic carbocycles. The zero-order valence-electron chi connectivity index (χ0n) is 10.3. The molecule has 1 heterocycles. The van der Waals surface area contributed by atoms with Crippen molar-refractivity contribution in [3.63, 3.8) is 0 Å². The lowest BCUT2D eigenvalue weighted by molar-refractivity contribution is -0.142. The van der Waals surface area contributed by atoms with Crippen molar-refractivity contribution in [2.45, 2.75) is 24.5 Å². The topological polar surface area (TPSA) is 110 Å². The number of sulfone groups is 1. The summed E-state index contributed by atoms with van der Waals surface area (Å²) in [5.74, 6) is -1.99. The Balaban J connectivity index is 2.21. The number of carboxylic acid groups (broad SMARTS) is 1. The van der Waals surface area contributed by atoms with Gasteiger partial charge in [-0.25, -0.2) is 8.42 Å². The molecule has 1 N–H and O–H groups in total. The Kier molecular flexibility index (Phi) is 3.70. The fraction of sp³-hybridized carbons (Fsp3) is 0.545. The van der Waals surface area contributed by atoms with Gasteiger partial charge in [-0.2, -0.15) is 4.98 Å². The zero-order valence-corrected chi connectivity index (χ0v) is 11.1. The summed E-state index contributed by atoms with van der Waals surface area (Å²) in [4.78, 5) is 15.2. The molecular weight excluding hydrogens is 272 g/mol. The Bertz CT molecular complexity index is 604. The normalized spacial score (nSPS) is 23.4. The fourth-order valence-corrected chi connectivity index (χ4v) is 2.66. The number of aromatic nitrogens is 2. The van der Waals surface area contributed by atoms with E-state index < -0.39 is 27.6 Å². The molecule has 0 spiro atoms. The van der Waals surface area contributed by atoms with E-state index in [2.05, 4.69) is 10.1 Å². The van der Waals surface area contributed by atoms with Crippen molar-refractivity contribution in [3.8, 4) is 0 Å². The molecule has 0 amide bonds. The van der Waals surface area contributed by atoms with E-state index in [0.717, 1.165) is 6.26 Å². The van der Waals surface area contributed by atoms with E-state index in [9.17, 15) is 13.2 Å². The van der Waals surface area contributed by atoms with Crippen LogP contribution in [0.1, 0.15) is 30.5 Å². The average Bonchev–Trinajstić information content (AvgIpc) is 2.75. The van der Waals surface area contributed by atoms with Crippen LogP contribution in [0.5, 0.6) is 0 Å². The van der Waals surface area contributed by atoms with Crippen molar-refractivity contribution < 1.29 is 22.8 Å². The highest BCUT2D eigenvalue weighted by Crippen LogP contribution is 2.33. The maximum Gasteiger partial charge on any atom is 0.307 e. The van der Waals surface area contributed by atoms with Gasteiger partial charge in [-0.1, -0.05) is 17.3 Å². The molecule has 104 valence electrons. The van der Waals surface area contributed by atoms with E-state index in [4.69, 9.17) is 9.63 Å². The number of carboxylic acids is 1. The predicted octanol–water partition coefficient (Wildman–Crippen LogP) is 0.749. The first-order valence-corrected chi connectivity index (χ1v) is 7.81. The van der Waals surface area contributed by atoms with Gasteiger partial charge in [0.15, 0.2) is 15.7 Å². The smallest absolute Gasteiger partial charge is 0.307 e. The summed E-state index contributed by atoms with van der Waals surface area (Å²) in [5, 5.41) is 12.7. The van der Waals surface area contributed by atoms with Crippen LogP contribution < -0.4 is 0 Å². The maximum atomic E-state index is 11.2. The van der Waals surface area contributed by atoms with Gasteiger partial charge in [0.1, 0.15) is 5.75 Å². The van der Waals surface area contributed by atoms with Gasteiger partial charge in [0.25, 0.3) is 0 Å². The third kappa shape index (κ3) is 3.40. The molecule has 0 saturated heterocycles. The molecule has 1 aromatic rings. The minimum atomic E-state index is -3.24. The fourth-order valence-electron chi connectivity index (χ4n) is 2.07. The highest BCUT2D eigenvalue weighted by atomic mass is 32.2. The zero-order chi connectivity index (χ0) is 14.0. The van der Waals surface area contributed by atoms with Crippen LogP contribution >= 0.6 is 0 Å². The van der Waals surface area contributed by atoms with Crippen molar-refractivity contribution in [2.75, 3.05) is 6.26 Å². The summed E-state index contributed by atoms with van der Waals surface area (Å²) < 4.78 is 27.3. The van der Waals surface area contributed by atoms with E-state index in [1.807, 2.05) is 12.2 Å². The van der Waals surface area contributed by atoms with Gasteiger partial charge < -0.3 is 9.63 Å². The molecule has 7 nitrogen and oxygen atoms in total. The molecule has 0 fully saturated rings. The first-order chi connectivity index (χ1) is 8.87. The summed E-state index contributed by atoms with van der Waals surface area (Å²) in [6.07, 6.45) is 5.65. The Morgan fingerprint density at radius 2 is 2.16 bits per heavy atom. The number of carbonyl (C=O) groups is 1. The lowest BCUT2D eigenvalue weighted by Crippen LogP contribution is -2.23. The second kappa shape index (κ2) is 5.12. The molecule has 19 heavy (non-hydrogen) atoms. The van der Waals surface area contributed by atoms with Crippen LogP contribution in [0.25, 0.3) is 0 Å². The summed E-state index contributed by atoms with van der Waals surface area (Å²) in [7, 11) is -3.24. The third-order valence-electron chi connectivity index (χ3n) is 2.94. The van der Waals surface area contributed by atoms with Crippen LogP contribution in [0, 0.1) is 5.92 Å². The quantitative estimate of drug-likeness (QED) is 0.813. The molecule has 1 aliphatic rings. The Labute approximate surface area is 110 Å². The number of aliphatic carboxylic acids is 1. The molecule has 1 aromatic heterocycles. The maximum absolute atomic E-state index is 11.2. The SMILES string of the molecule is CS(=O)(=O)Cc1noc(C2CC=CCC2C(=O)O)n1. The standard InChI is InChI=1S/C11H14N2O5S/c1-19(16,17)6-9-12-10(18-13-9)7-4-2-3-5-8(7)11(14)15/h2-3,7-8H,4-6H2,1H3,(H,14,15). The van der Waals surface area contributed by atoms with Crippen LogP contribution in [0.2, 0.25) is 0 Å². The molecule has 0 saturated carbocycles. The number of rotatable bonds is 4. The molecule has 2 unspecified atom stereocenters. The molecule has 0 radical (unpaired) electrons. The second-order valence-corrected chi connectivity index (χ2v) is 6.75. The minimum absolute atomic E-state index is 0.0659. The van der Waals surface area contributed by atoms with E-state index in [1.54, 1.807) is 0 Å². The monoisotopic (exact) mass is 286 g/mol. The second-order valence-electron chi connectivity index (χ2n) is 4.61.